The molecule has 0 aromatic heterocycles. The molecule has 0 nitrogen and oxygen atoms in total. The van der Waals surface area contributed by atoms with Crippen molar-refractivity contribution in [2.45, 2.75) is 12.6 Å². The van der Waals surface area contributed by atoms with E-state index >= 15 is 0 Å². The van der Waals surface area contributed by atoms with Gasteiger partial charge in [-0.05, 0) is 6.04 Å². The summed E-state index contributed by atoms with van der Waals surface area (Å²) in [4.78, 5) is 0. The van der Waals surface area contributed by atoms with Crippen LogP contribution >= 0.6 is 23.2 Å². The zero-order valence-electron chi connectivity index (χ0n) is 5.66. The molecule has 0 amide bonds. The van der Waals surface area contributed by atoms with Crippen LogP contribution in [0.2, 0.25) is 12.6 Å². The standard InChI is InChI=1S/C6H12Cl2Si/c1-3-4-9(2,5-7)6-8/h3H,1,4-6H2,2H3. The van der Waals surface area contributed by atoms with Crippen molar-refractivity contribution >= 4 is 31.3 Å². The molecule has 0 aromatic rings. The largest absolute Gasteiger partial charge is 0.130 e. The topological polar surface area (TPSA) is 0 Å². The third kappa shape index (κ3) is 3.29. The quantitative estimate of drug-likeness (QED) is 0.357. The Balaban J connectivity index is 3.75. The third-order valence-electron chi connectivity index (χ3n) is 1.28. The Morgan fingerprint density at radius 3 is 2.00 bits per heavy atom. The molecule has 9 heavy (non-hydrogen) atoms. The maximum absolute atomic E-state index is 5.72. The van der Waals surface area contributed by atoms with Crippen molar-refractivity contribution in [2.24, 2.45) is 0 Å². The van der Waals surface area contributed by atoms with Crippen LogP contribution < -0.4 is 0 Å². The molecule has 0 fully saturated rings. The van der Waals surface area contributed by atoms with Crippen LogP contribution in [0, 0.1) is 0 Å². The highest BCUT2D eigenvalue weighted by Crippen LogP contribution is 2.13. The lowest BCUT2D eigenvalue weighted by Crippen LogP contribution is -2.34. The highest BCUT2D eigenvalue weighted by molar-refractivity contribution is 6.89. The van der Waals surface area contributed by atoms with Crippen LogP contribution in [-0.4, -0.2) is 19.1 Å². The molecule has 0 aliphatic heterocycles. The molecule has 0 bridgehead atoms. The second kappa shape index (κ2) is 4.37. The number of halogens is 2. The van der Waals surface area contributed by atoms with Gasteiger partial charge in [0.15, 0.2) is 0 Å². The SMILES string of the molecule is C=CC[Si](C)(CCl)CCl. The average molecular weight is 183 g/mol. The zero-order chi connectivity index (χ0) is 7.33. The Labute approximate surface area is 67.9 Å². The van der Waals surface area contributed by atoms with E-state index in [0.717, 1.165) is 17.1 Å². The second-order valence-electron chi connectivity index (χ2n) is 2.57. The van der Waals surface area contributed by atoms with Crippen LogP contribution in [0.3, 0.4) is 0 Å². The molecule has 0 atom stereocenters. The maximum Gasteiger partial charge on any atom is 0.0866 e. The van der Waals surface area contributed by atoms with Gasteiger partial charge in [-0.25, -0.2) is 0 Å². The minimum Gasteiger partial charge on any atom is -0.130 e. The van der Waals surface area contributed by atoms with Gasteiger partial charge in [-0.15, -0.1) is 29.8 Å². The van der Waals surface area contributed by atoms with Gasteiger partial charge in [0, 0.05) is 11.0 Å². The van der Waals surface area contributed by atoms with Crippen molar-refractivity contribution in [1.29, 1.82) is 0 Å². The van der Waals surface area contributed by atoms with E-state index in [4.69, 9.17) is 23.2 Å². The van der Waals surface area contributed by atoms with E-state index in [-0.39, 0.29) is 0 Å². The Kier molecular flexibility index (Phi) is 4.63. The van der Waals surface area contributed by atoms with Gasteiger partial charge in [-0.3, -0.25) is 0 Å². The van der Waals surface area contributed by atoms with Crippen LogP contribution in [-0.2, 0) is 0 Å². The predicted molar refractivity (Wildman–Crippen MR) is 48.1 cm³/mol. The average Bonchev–Trinajstić information content (AvgIpc) is 1.89. The van der Waals surface area contributed by atoms with Crippen molar-refractivity contribution in [3.05, 3.63) is 12.7 Å². The lowest BCUT2D eigenvalue weighted by Gasteiger charge is -2.18. The predicted octanol–water partition coefficient (Wildman–Crippen LogP) is 2.81. The lowest BCUT2D eigenvalue weighted by molar-refractivity contribution is 1.48. The fourth-order valence-electron chi connectivity index (χ4n) is 0.493. The Morgan fingerprint density at radius 1 is 1.44 bits per heavy atom. The fraction of sp³-hybridized carbons (Fsp3) is 0.667. The highest BCUT2D eigenvalue weighted by Gasteiger charge is 2.22. The molecule has 54 valence electrons. The molecular formula is C6H12Cl2Si. The van der Waals surface area contributed by atoms with E-state index in [1.54, 1.807) is 0 Å². The fourth-order valence-corrected chi connectivity index (χ4v) is 2.99. The van der Waals surface area contributed by atoms with Crippen molar-refractivity contribution in [2.75, 3.05) is 11.0 Å². The molecule has 0 spiro atoms. The van der Waals surface area contributed by atoms with Gasteiger partial charge >= 0.3 is 0 Å². The van der Waals surface area contributed by atoms with Gasteiger partial charge in [0.2, 0.25) is 0 Å². The number of alkyl halides is 2. The number of hydrogen-bond acceptors (Lipinski definition) is 0. The first-order valence-electron chi connectivity index (χ1n) is 2.91. The molecule has 0 saturated carbocycles. The van der Waals surface area contributed by atoms with Crippen molar-refractivity contribution in [3.8, 4) is 0 Å². The molecular weight excluding hydrogens is 171 g/mol. The minimum atomic E-state index is -1.28. The van der Waals surface area contributed by atoms with Gasteiger partial charge in [0.25, 0.3) is 0 Å². The van der Waals surface area contributed by atoms with Gasteiger partial charge in [0.1, 0.15) is 0 Å². The summed E-state index contributed by atoms with van der Waals surface area (Å²) in [7, 11) is -1.28. The lowest BCUT2D eigenvalue weighted by atomic mass is 10.8. The van der Waals surface area contributed by atoms with Gasteiger partial charge in [-0.2, -0.15) is 0 Å². The van der Waals surface area contributed by atoms with E-state index in [0.29, 0.717) is 0 Å². The number of rotatable bonds is 4. The number of hydrogen-bond donors (Lipinski definition) is 0. The summed E-state index contributed by atoms with van der Waals surface area (Å²) in [5.41, 5.74) is 1.48. The third-order valence-corrected chi connectivity index (χ3v) is 7.72. The van der Waals surface area contributed by atoms with Crippen molar-refractivity contribution in [3.63, 3.8) is 0 Å². The Morgan fingerprint density at radius 2 is 1.89 bits per heavy atom. The first kappa shape index (κ1) is 9.54. The summed E-state index contributed by atoms with van der Waals surface area (Å²) in [6.45, 7) is 5.85. The van der Waals surface area contributed by atoms with Crippen LogP contribution in [0.5, 0.6) is 0 Å². The van der Waals surface area contributed by atoms with E-state index in [2.05, 4.69) is 13.1 Å². The van der Waals surface area contributed by atoms with Crippen LogP contribution in [0.25, 0.3) is 0 Å². The summed E-state index contributed by atoms with van der Waals surface area (Å²) in [5, 5.41) is 0. The molecule has 0 saturated heterocycles. The zero-order valence-corrected chi connectivity index (χ0v) is 8.17. The summed E-state index contributed by atoms with van der Waals surface area (Å²) in [6.07, 6.45) is 1.91. The molecule has 0 aliphatic carbocycles. The van der Waals surface area contributed by atoms with Gasteiger partial charge < -0.3 is 0 Å². The molecule has 0 radical (unpaired) electrons. The monoisotopic (exact) mass is 182 g/mol. The van der Waals surface area contributed by atoms with Crippen molar-refractivity contribution in [1.82, 2.24) is 0 Å². The van der Waals surface area contributed by atoms with E-state index in [1.165, 1.54) is 0 Å². The smallest absolute Gasteiger partial charge is 0.0866 e. The summed E-state index contributed by atoms with van der Waals surface area (Å²) < 4.78 is 0. The molecule has 0 unspecified atom stereocenters. The first-order valence-corrected chi connectivity index (χ1v) is 7.10. The summed E-state index contributed by atoms with van der Waals surface area (Å²) in [5.74, 6) is 0. The molecule has 3 heteroatoms. The molecule has 0 rings (SSSR count). The molecule has 0 heterocycles. The summed E-state index contributed by atoms with van der Waals surface area (Å²) >= 11 is 11.4. The normalized spacial score (nSPS) is 11.4. The Hall–Kier alpha value is 0.537. The van der Waals surface area contributed by atoms with Crippen molar-refractivity contribution < 1.29 is 0 Å². The molecule has 0 N–H and O–H groups in total. The van der Waals surface area contributed by atoms with Crippen LogP contribution in [0.1, 0.15) is 0 Å². The van der Waals surface area contributed by atoms with Crippen LogP contribution in [0.4, 0.5) is 0 Å². The maximum atomic E-state index is 5.72. The van der Waals surface area contributed by atoms with Gasteiger partial charge in [-0.1, -0.05) is 12.6 Å². The van der Waals surface area contributed by atoms with Crippen LogP contribution in [0.15, 0.2) is 12.7 Å². The molecule has 0 aliphatic rings. The minimum absolute atomic E-state index is 0.739. The van der Waals surface area contributed by atoms with E-state index in [1.807, 2.05) is 6.08 Å². The Bertz CT molecular complexity index is 89.1. The van der Waals surface area contributed by atoms with E-state index in [9.17, 15) is 0 Å². The van der Waals surface area contributed by atoms with E-state index < -0.39 is 8.07 Å². The first-order chi connectivity index (χ1) is 4.18. The van der Waals surface area contributed by atoms with Gasteiger partial charge in [0.05, 0.1) is 8.07 Å². The molecule has 0 aromatic carbocycles. The second-order valence-corrected chi connectivity index (χ2v) is 8.74. The highest BCUT2D eigenvalue weighted by atomic mass is 35.5. The number of allylic oxidation sites excluding steroid dienone is 1. The summed E-state index contributed by atoms with van der Waals surface area (Å²) in [6, 6.07) is 1.03.